The number of nitrogens with zero attached hydrogens (tertiary/aromatic N) is 1. The van der Waals surface area contributed by atoms with Crippen LogP contribution in [0.15, 0.2) is 11.6 Å². The third kappa shape index (κ3) is 5.85. The van der Waals surface area contributed by atoms with Crippen molar-refractivity contribution in [2.24, 2.45) is 68.5 Å². The van der Waals surface area contributed by atoms with Gasteiger partial charge in [0.25, 0.3) is 0 Å². The number of rotatable bonds is 8. The van der Waals surface area contributed by atoms with Crippen molar-refractivity contribution in [3.8, 4) is 0 Å². The van der Waals surface area contributed by atoms with Gasteiger partial charge >= 0.3 is 5.97 Å². The van der Waals surface area contributed by atoms with Gasteiger partial charge < -0.3 is 15.3 Å². The molecule has 0 aromatic carbocycles. The molecule has 6 nitrogen and oxygen atoms in total. The van der Waals surface area contributed by atoms with Gasteiger partial charge in [0.2, 0.25) is 0 Å². The second-order valence-electron chi connectivity index (χ2n) is 20.8. The van der Waals surface area contributed by atoms with E-state index < -0.39 is 27.9 Å². The lowest BCUT2D eigenvalue weighted by molar-refractivity contribution is -0.223. The zero-order chi connectivity index (χ0) is 36.8. The topological polar surface area (TPSA) is 86.7 Å². The fourth-order valence-corrected chi connectivity index (χ4v) is 16.6. The summed E-state index contributed by atoms with van der Waals surface area (Å²) in [6, 6.07) is 0. The predicted molar refractivity (Wildman–Crippen MR) is 204 cm³/mol. The second-order valence-corrected chi connectivity index (χ2v) is 23.1. The van der Waals surface area contributed by atoms with Gasteiger partial charge in [-0.3, -0.25) is 4.79 Å². The van der Waals surface area contributed by atoms with E-state index in [9.17, 15) is 22.7 Å². The number of alkyl halides is 1. The van der Waals surface area contributed by atoms with E-state index in [-0.39, 0.29) is 16.4 Å². The Hall–Kier alpha value is -0.990. The molecule has 6 fully saturated rings. The first-order valence-corrected chi connectivity index (χ1v) is 22.9. The van der Waals surface area contributed by atoms with Crippen molar-refractivity contribution in [3.05, 3.63) is 11.6 Å². The summed E-state index contributed by atoms with van der Waals surface area (Å²) < 4.78 is 38.1. The molecule has 1 heterocycles. The Labute approximate surface area is 309 Å². The highest BCUT2D eigenvalue weighted by Gasteiger charge is 2.70. The van der Waals surface area contributed by atoms with Crippen LogP contribution in [-0.4, -0.2) is 74.3 Å². The summed E-state index contributed by atoms with van der Waals surface area (Å²) in [5.74, 6) is 4.19. The highest BCUT2D eigenvalue weighted by Crippen LogP contribution is 2.76. The van der Waals surface area contributed by atoms with Gasteiger partial charge in [-0.15, -0.1) is 0 Å². The number of aliphatic carboxylic acids is 1. The number of hydrogen-bond acceptors (Lipinski definition) is 5. The number of carbonyl (C=O) groups is 1. The molecule has 0 bridgehead atoms. The summed E-state index contributed by atoms with van der Waals surface area (Å²) in [5, 5.41) is 14.1. The van der Waals surface area contributed by atoms with E-state index in [0.29, 0.717) is 77.9 Å². The Bertz CT molecular complexity index is 1470. The molecule has 0 aromatic heterocycles. The molecule has 6 aliphatic carbocycles. The van der Waals surface area contributed by atoms with Gasteiger partial charge in [-0.2, -0.15) is 0 Å². The minimum absolute atomic E-state index is 0.0636. The average Bonchev–Trinajstić information content (AvgIpc) is 3.46. The van der Waals surface area contributed by atoms with E-state index in [1.807, 2.05) is 0 Å². The molecule has 7 aliphatic rings. The van der Waals surface area contributed by atoms with Crippen LogP contribution in [0, 0.1) is 68.5 Å². The van der Waals surface area contributed by atoms with Crippen molar-refractivity contribution in [3.63, 3.8) is 0 Å². The molecule has 0 aromatic rings. The maximum absolute atomic E-state index is 14.0. The Morgan fingerprint density at radius 3 is 2.22 bits per heavy atom. The van der Waals surface area contributed by atoms with Gasteiger partial charge in [-0.05, 0) is 147 Å². The number of fused-ring (bicyclic) bond motifs is 7. The molecule has 9 atom stereocenters. The van der Waals surface area contributed by atoms with Crippen LogP contribution in [0.4, 0.5) is 4.39 Å². The van der Waals surface area contributed by atoms with Crippen LogP contribution in [0.25, 0.3) is 0 Å². The molecule has 7 rings (SSSR count). The quantitative estimate of drug-likeness (QED) is 0.244. The van der Waals surface area contributed by atoms with Crippen LogP contribution in [0.3, 0.4) is 0 Å². The van der Waals surface area contributed by atoms with E-state index in [1.54, 1.807) is 5.57 Å². The Balaban J connectivity index is 1.11. The largest absolute Gasteiger partial charge is 0.481 e. The highest BCUT2D eigenvalue weighted by atomic mass is 32.2. The molecular formula is C43H71FN2O4S. The first-order valence-electron chi connectivity index (χ1n) is 21.1. The lowest BCUT2D eigenvalue weighted by Crippen LogP contribution is -2.68. The number of allylic oxidation sites excluding steroid dienone is 2. The summed E-state index contributed by atoms with van der Waals surface area (Å²) in [7, 11) is -2.86. The Morgan fingerprint density at radius 2 is 1.59 bits per heavy atom. The molecule has 0 spiro atoms. The van der Waals surface area contributed by atoms with E-state index in [4.69, 9.17) is 0 Å². The van der Waals surface area contributed by atoms with Crippen molar-refractivity contribution >= 4 is 15.8 Å². The Kier molecular flexibility index (Phi) is 9.80. The van der Waals surface area contributed by atoms with Gasteiger partial charge in [0.15, 0.2) is 9.84 Å². The fourth-order valence-electron chi connectivity index (χ4n) is 15.3. The maximum atomic E-state index is 14.0. The fraction of sp³-hybridized carbons (Fsp3) is 0.930. The van der Waals surface area contributed by atoms with Crippen LogP contribution in [0.2, 0.25) is 0 Å². The number of sulfone groups is 1. The van der Waals surface area contributed by atoms with E-state index in [0.717, 1.165) is 44.2 Å². The summed E-state index contributed by atoms with van der Waals surface area (Å²) in [4.78, 5) is 14.4. The third-order valence-electron chi connectivity index (χ3n) is 18.4. The van der Waals surface area contributed by atoms with Crippen LogP contribution < -0.4 is 5.32 Å². The normalized spacial score (nSPS) is 47.8. The van der Waals surface area contributed by atoms with Crippen molar-refractivity contribution in [1.29, 1.82) is 0 Å². The number of nitrogens with one attached hydrogen (secondary N) is 1. The highest BCUT2D eigenvalue weighted by molar-refractivity contribution is 7.91. The third-order valence-corrected chi connectivity index (χ3v) is 20.0. The first-order chi connectivity index (χ1) is 23.9. The average molecular weight is 731 g/mol. The molecule has 2 N–H and O–H groups in total. The van der Waals surface area contributed by atoms with Crippen LogP contribution >= 0.6 is 0 Å². The second kappa shape index (κ2) is 13.1. The van der Waals surface area contributed by atoms with Gasteiger partial charge in [-0.25, -0.2) is 12.8 Å². The molecule has 51 heavy (non-hydrogen) atoms. The van der Waals surface area contributed by atoms with E-state index in [2.05, 4.69) is 64.8 Å². The maximum Gasteiger partial charge on any atom is 0.312 e. The van der Waals surface area contributed by atoms with E-state index >= 15 is 0 Å². The molecule has 5 saturated carbocycles. The zero-order valence-electron chi connectivity index (χ0n) is 33.2. The van der Waals surface area contributed by atoms with E-state index in [1.165, 1.54) is 51.4 Å². The molecule has 0 radical (unpaired) electrons. The summed E-state index contributed by atoms with van der Waals surface area (Å²) in [6.45, 7) is 20.6. The zero-order valence-corrected chi connectivity index (χ0v) is 34.0. The summed E-state index contributed by atoms with van der Waals surface area (Å²) in [6.07, 6.45) is 16.6. The Morgan fingerprint density at radius 1 is 0.902 bits per heavy atom. The molecule has 1 aliphatic heterocycles. The van der Waals surface area contributed by atoms with Gasteiger partial charge in [0.1, 0.15) is 6.67 Å². The molecular weight excluding hydrogens is 660 g/mol. The molecule has 1 unspecified atom stereocenters. The minimum atomic E-state index is -2.86. The number of carboxylic acids is 1. The van der Waals surface area contributed by atoms with Crippen molar-refractivity contribution in [2.45, 2.75) is 137 Å². The SMILES string of the molecule is CC(C)C1CC[C@]2(NCCN3CCS(=O)(=O)CC3)CC[C@]3(C)[C@H](CC[C@@H]4[C@@]5(C)CC=C(C6CCC(CF)(C(=O)O)CC6)C(C)(C)[C@@H]5CC[C@]43C)[C@@H]12. The number of carboxylic acid groups (broad SMARTS) is 1. The molecule has 290 valence electrons. The van der Waals surface area contributed by atoms with Crippen LogP contribution in [0.5, 0.6) is 0 Å². The predicted octanol–water partition coefficient (Wildman–Crippen LogP) is 8.56. The molecule has 1 saturated heterocycles. The number of halogens is 1. The smallest absolute Gasteiger partial charge is 0.312 e. The van der Waals surface area contributed by atoms with Crippen LogP contribution in [-0.2, 0) is 14.6 Å². The van der Waals surface area contributed by atoms with Gasteiger partial charge in [0.05, 0.1) is 16.9 Å². The van der Waals surface area contributed by atoms with Gasteiger partial charge in [-0.1, -0.05) is 60.1 Å². The lowest BCUT2D eigenvalue weighted by Gasteiger charge is -2.72. The van der Waals surface area contributed by atoms with Crippen molar-refractivity contribution in [2.75, 3.05) is 44.4 Å². The molecule has 8 heteroatoms. The monoisotopic (exact) mass is 731 g/mol. The summed E-state index contributed by atoms with van der Waals surface area (Å²) in [5.41, 5.74) is 1.49. The van der Waals surface area contributed by atoms with Crippen LogP contribution in [0.1, 0.15) is 132 Å². The molecule has 0 amide bonds. The minimum Gasteiger partial charge on any atom is -0.481 e. The van der Waals surface area contributed by atoms with Crippen molar-refractivity contribution in [1.82, 2.24) is 10.2 Å². The lowest BCUT2D eigenvalue weighted by atomic mass is 9.32. The van der Waals surface area contributed by atoms with Crippen molar-refractivity contribution < 1.29 is 22.7 Å². The summed E-state index contributed by atoms with van der Waals surface area (Å²) >= 11 is 0. The standard InChI is InChI=1S/C43H71FN2O4S/c1-29(2)31-12-19-43(45-22-23-46-24-26-51(49,50)27-25-46)21-20-40(6)33(36(31)43)8-9-35-39(5)15-13-32(38(3,4)34(39)14-16-41(35,40)7)30-10-17-42(28-44,18-11-30)37(47)48/h13,29-31,33-36,45H,8-12,14-28H2,1-7H3,(H,47,48)/t30?,31?,33-,34+,35-,36-,39+,40-,41-,42?,43+/m1/s1. The first kappa shape index (κ1) is 38.3. The van der Waals surface area contributed by atoms with Gasteiger partial charge in [0, 0.05) is 31.7 Å². The number of hydrogen-bond donors (Lipinski definition) is 2.